The van der Waals surface area contributed by atoms with Crippen molar-refractivity contribution in [2.45, 2.75) is 10.8 Å². The van der Waals surface area contributed by atoms with Gasteiger partial charge < -0.3 is 10.4 Å². The first kappa shape index (κ1) is 15.5. The van der Waals surface area contributed by atoms with Gasteiger partial charge in [0.15, 0.2) is 0 Å². The van der Waals surface area contributed by atoms with E-state index in [4.69, 9.17) is 5.11 Å². The molecule has 1 aromatic carbocycles. The zero-order valence-electron chi connectivity index (χ0n) is 11.3. The number of halogens is 1. The fourth-order valence-electron chi connectivity index (χ4n) is 1.68. The van der Waals surface area contributed by atoms with E-state index in [0.29, 0.717) is 16.3 Å². The van der Waals surface area contributed by atoms with Crippen LogP contribution in [0.3, 0.4) is 0 Å². The third-order valence-electron chi connectivity index (χ3n) is 2.70. The number of benzene rings is 1. The molecule has 0 saturated heterocycles. The number of hydrogen-bond acceptors (Lipinski definition) is 4. The van der Waals surface area contributed by atoms with Crippen molar-refractivity contribution in [3.63, 3.8) is 0 Å². The number of amides is 1. The molecule has 0 aliphatic heterocycles. The Hall–Kier alpha value is -1.92. The molecule has 2 N–H and O–H groups in total. The molecule has 2 aromatic rings. The van der Waals surface area contributed by atoms with Gasteiger partial charge in [-0.25, -0.2) is 9.37 Å². The van der Waals surface area contributed by atoms with Crippen molar-refractivity contribution in [3.8, 4) is 0 Å². The van der Waals surface area contributed by atoms with Crippen molar-refractivity contribution in [2.24, 2.45) is 0 Å². The molecule has 1 heterocycles. The van der Waals surface area contributed by atoms with Gasteiger partial charge in [-0.2, -0.15) is 0 Å². The van der Waals surface area contributed by atoms with Crippen LogP contribution in [0.5, 0.6) is 0 Å². The molecule has 6 heteroatoms. The lowest BCUT2D eigenvalue weighted by molar-refractivity contribution is 0.0941. The Labute approximate surface area is 126 Å². The molecule has 0 radical (unpaired) electrons. The zero-order valence-corrected chi connectivity index (χ0v) is 12.1. The summed E-state index contributed by atoms with van der Waals surface area (Å²) in [5.74, 6) is 0.0572. The number of pyridine rings is 1. The molecule has 21 heavy (non-hydrogen) atoms. The molecule has 0 aliphatic rings. The Kier molecular flexibility index (Phi) is 5.71. The number of nitrogens with one attached hydrogen (secondary N) is 1. The minimum atomic E-state index is -0.273. The van der Waals surface area contributed by atoms with Crippen molar-refractivity contribution >= 4 is 17.7 Å². The fourth-order valence-corrected chi connectivity index (χ4v) is 2.62. The second-order valence-corrected chi connectivity index (χ2v) is 5.21. The average Bonchev–Trinajstić information content (AvgIpc) is 2.52. The average molecular weight is 306 g/mol. The highest BCUT2D eigenvalue weighted by Gasteiger charge is 2.12. The first-order valence-corrected chi connectivity index (χ1v) is 7.40. The smallest absolute Gasteiger partial charge is 0.254 e. The Bertz CT molecular complexity index is 605. The van der Waals surface area contributed by atoms with Gasteiger partial charge in [0.2, 0.25) is 0 Å². The number of aliphatic hydroxyl groups is 1. The second kappa shape index (κ2) is 7.75. The topological polar surface area (TPSA) is 62.2 Å². The maximum atomic E-state index is 12.8. The van der Waals surface area contributed by atoms with Gasteiger partial charge in [-0.15, -0.1) is 11.8 Å². The molecule has 0 unspecified atom stereocenters. The number of nitrogens with zero attached hydrogens (tertiary/aromatic N) is 1. The summed E-state index contributed by atoms with van der Waals surface area (Å²) in [6.07, 6.45) is 1.62. The minimum Gasteiger partial charge on any atom is -0.395 e. The lowest BCUT2D eigenvalue weighted by Crippen LogP contribution is -2.27. The van der Waals surface area contributed by atoms with Gasteiger partial charge >= 0.3 is 0 Å². The van der Waals surface area contributed by atoms with Gasteiger partial charge in [-0.1, -0.05) is 12.1 Å². The van der Waals surface area contributed by atoms with E-state index in [0.717, 1.165) is 5.56 Å². The molecule has 2 rings (SSSR count). The Balaban J connectivity index is 2.06. The van der Waals surface area contributed by atoms with E-state index in [2.05, 4.69) is 10.3 Å². The molecule has 0 fully saturated rings. The van der Waals surface area contributed by atoms with Gasteiger partial charge in [0.05, 0.1) is 12.2 Å². The van der Waals surface area contributed by atoms with Crippen molar-refractivity contribution in [1.29, 1.82) is 0 Å². The van der Waals surface area contributed by atoms with E-state index < -0.39 is 0 Å². The quantitative estimate of drug-likeness (QED) is 0.804. The van der Waals surface area contributed by atoms with Crippen LogP contribution in [0.15, 0.2) is 47.6 Å². The van der Waals surface area contributed by atoms with Crippen LogP contribution in [0, 0.1) is 5.82 Å². The zero-order chi connectivity index (χ0) is 15.1. The second-order valence-electron chi connectivity index (χ2n) is 4.25. The summed E-state index contributed by atoms with van der Waals surface area (Å²) in [5.41, 5.74) is 1.42. The highest BCUT2D eigenvalue weighted by Crippen LogP contribution is 2.24. The van der Waals surface area contributed by atoms with Crippen molar-refractivity contribution in [3.05, 3.63) is 59.5 Å². The van der Waals surface area contributed by atoms with Gasteiger partial charge in [-0.05, 0) is 29.8 Å². The SMILES string of the molecule is O=C(NCCO)c1cccnc1SCc1ccc(F)cc1. The molecule has 1 aromatic heterocycles. The van der Waals surface area contributed by atoms with E-state index in [1.54, 1.807) is 30.5 Å². The maximum absolute atomic E-state index is 12.8. The third kappa shape index (κ3) is 4.54. The first-order chi connectivity index (χ1) is 10.2. The van der Waals surface area contributed by atoms with Crippen LogP contribution >= 0.6 is 11.8 Å². The van der Waals surface area contributed by atoms with E-state index >= 15 is 0 Å². The Morgan fingerprint density at radius 3 is 2.76 bits per heavy atom. The largest absolute Gasteiger partial charge is 0.395 e. The lowest BCUT2D eigenvalue weighted by Gasteiger charge is -2.08. The van der Waals surface area contributed by atoms with Gasteiger partial charge in [0.25, 0.3) is 5.91 Å². The van der Waals surface area contributed by atoms with Gasteiger partial charge in [0, 0.05) is 18.5 Å². The first-order valence-electron chi connectivity index (χ1n) is 6.42. The summed E-state index contributed by atoms with van der Waals surface area (Å²) < 4.78 is 12.8. The van der Waals surface area contributed by atoms with Crippen LogP contribution in [-0.4, -0.2) is 29.1 Å². The van der Waals surface area contributed by atoms with E-state index in [9.17, 15) is 9.18 Å². The van der Waals surface area contributed by atoms with Crippen molar-refractivity contribution in [2.75, 3.05) is 13.2 Å². The lowest BCUT2D eigenvalue weighted by atomic mass is 10.2. The molecule has 1 amide bonds. The molecule has 110 valence electrons. The number of carbonyl (C=O) groups excluding carboxylic acids is 1. The molecule has 0 bridgehead atoms. The summed E-state index contributed by atoms with van der Waals surface area (Å²) in [6.45, 7) is 0.0971. The number of thioether (sulfide) groups is 1. The van der Waals surface area contributed by atoms with Crippen LogP contribution in [0.4, 0.5) is 4.39 Å². The molecule has 0 spiro atoms. The number of aliphatic hydroxyl groups excluding tert-OH is 1. The Morgan fingerprint density at radius 1 is 1.29 bits per heavy atom. The van der Waals surface area contributed by atoms with Gasteiger partial charge in [0.1, 0.15) is 10.8 Å². The number of carbonyl (C=O) groups is 1. The highest BCUT2D eigenvalue weighted by molar-refractivity contribution is 7.98. The highest BCUT2D eigenvalue weighted by atomic mass is 32.2. The van der Waals surface area contributed by atoms with Crippen LogP contribution in [0.25, 0.3) is 0 Å². The van der Waals surface area contributed by atoms with Crippen LogP contribution in [0.2, 0.25) is 0 Å². The maximum Gasteiger partial charge on any atom is 0.254 e. The minimum absolute atomic E-state index is 0.107. The third-order valence-corrected chi connectivity index (χ3v) is 3.78. The standard InChI is InChI=1S/C15H15FN2O2S/c16-12-5-3-11(4-6-12)10-21-15-13(2-1-7-18-15)14(20)17-8-9-19/h1-7,19H,8-10H2,(H,17,20). The normalized spacial score (nSPS) is 10.4. The van der Waals surface area contributed by atoms with Crippen LogP contribution in [0.1, 0.15) is 15.9 Å². The molecule has 0 aliphatic carbocycles. The number of aromatic nitrogens is 1. The van der Waals surface area contributed by atoms with Crippen molar-refractivity contribution in [1.82, 2.24) is 10.3 Å². The van der Waals surface area contributed by atoms with Gasteiger partial charge in [-0.3, -0.25) is 4.79 Å². The molecular weight excluding hydrogens is 291 g/mol. The Morgan fingerprint density at radius 2 is 2.05 bits per heavy atom. The van der Waals surface area contributed by atoms with Crippen LogP contribution in [-0.2, 0) is 5.75 Å². The summed E-state index contributed by atoms with van der Waals surface area (Å²) in [6, 6.07) is 9.60. The summed E-state index contributed by atoms with van der Waals surface area (Å²) in [5, 5.41) is 12.0. The molecular formula is C15H15FN2O2S. The predicted octanol–water partition coefficient (Wildman–Crippen LogP) is 2.24. The van der Waals surface area contributed by atoms with E-state index in [-0.39, 0.29) is 24.9 Å². The number of hydrogen-bond donors (Lipinski definition) is 2. The summed E-state index contributed by atoms with van der Waals surface area (Å²) in [7, 11) is 0. The van der Waals surface area contributed by atoms with Crippen LogP contribution < -0.4 is 5.32 Å². The fraction of sp³-hybridized carbons (Fsp3) is 0.200. The summed E-state index contributed by atoms with van der Waals surface area (Å²) in [4.78, 5) is 16.2. The monoisotopic (exact) mass is 306 g/mol. The predicted molar refractivity (Wildman–Crippen MR) is 79.6 cm³/mol. The van der Waals surface area contributed by atoms with E-state index in [1.807, 2.05) is 0 Å². The molecule has 4 nitrogen and oxygen atoms in total. The number of rotatable bonds is 6. The molecule has 0 saturated carbocycles. The van der Waals surface area contributed by atoms with E-state index in [1.165, 1.54) is 23.9 Å². The van der Waals surface area contributed by atoms with Crippen molar-refractivity contribution < 1.29 is 14.3 Å². The summed E-state index contributed by atoms with van der Waals surface area (Å²) >= 11 is 1.41. The molecule has 0 atom stereocenters.